The van der Waals surface area contributed by atoms with Crippen molar-refractivity contribution in [1.29, 1.82) is 0 Å². The van der Waals surface area contributed by atoms with Crippen LogP contribution in [0.3, 0.4) is 0 Å². The summed E-state index contributed by atoms with van der Waals surface area (Å²) in [5, 5.41) is 4.50. The molecule has 0 saturated carbocycles. The second-order valence-corrected chi connectivity index (χ2v) is 6.89. The molecule has 1 aromatic rings. The van der Waals surface area contributed by atoms with Crippen molar-refractivity contribution < 1.29 is 14.3 Å². The maximum atomic E-state index is 13.1. The average molecular weight is 355 g/mol. The van der Waals surface area contributed by atoms with E-state index in [1.807, 2.05) is 4.90 Å². The van der Waals surface area contributed by atoms with Crippen molar-refractivity contribution in [3.05, 3.63) is 16.9 Å². The van der Waals surface area contributed by atoms with Crippen LogP contribution in [0.25, 0.3) is 0 Å². The summed E-state index contributed by atoms with van der Waals surface area (Å²) in [6.07, 6.45) is 4.71. The summed E-state index contributed by atoms with van der Waals surface area (Å²) in [5.74, 6) is -0.219. The molecule has 1 unspecified atom stereocenters. The highest BCUT2D eigenvalue weighted by atomic mass is 35.5. The molecule has 2 saturated heterocycles. The number of ether oxygens (including phenoxy) is 1. The number of hydrogen-bond donors (Lipinski definition) is 0. The minimum absolute atomic E-state index is 0.0312. The maximum Gasteiger partial charge on any atom is 0.276 e. The number of hydrogen-bond acceptors (Lipinski definition) is 4. The molecule has 0 N–H and O–H groups in total. The number of nitrogens with zero attached hydrogens (tertiary/aromatic N) is 4. The normalized spacial score (nSPS) is 24.2. The third-order valence-electron chi connectivity index (χ3n) is 4.99. The Morgan fingerprint density at radius 2 is 2.08 bits per heavy atom. The van der Waals surface area contributed by atoms with Gasteiger partial charge in [0.25, 0.3) is 5.91 Å². The van der Waals surface area contributed by atoms with Crippen LogP contribution in [0.15, 0.2) is 6.20 Å². The number of aryl methyl sites for hydroxylation is 1. The van der Waals surface area contributed by atoms with Gasteiger partial charge in [0.15, 0.2) is 5.69 Å². The van der Waals surface area contributed by atoms with E-state index in [9.17, 15) is 9.59 Å². The summed E-state index contributed by atoms with van der Waals surface area (Å²) in [7, 11) is 3.35. The summed E-state index contributed by atoms with van der Waals surface area (Å²) >= 11 is 6.14. The van der Waals surface area contributed by atoms with E-state index in [1.165, 1.54) is 4.68 Å². The van der Waals surface area contributed by atoms with E-state index in [4.69, 9.17) is 16.3 Å². The summed E-state index contributed by atoms with van der Waals surface area (Å²) in [6, 6.07) is 0. The number of rotatable bonds is 4. The summed E-state index contributed by atoms with van der Waals surface area (Å²) < 4.78 is 6.62. The third kappa shape index (κ3) is 2.80. The predicted molar refractivity (Wildman–Crippen MR) is 88.9 cm³/mol. The van der Waals surface area contributed by atoms with Crippen LogP contribution in [0, 0.1) is 0 Å². The van der Waals surface area contributed by atoms with E-state index in [1.54, 1.807) is 25.3 Å². The Bertz CT molecular complexity index is 647. The van der Waals surface area contributed by atoms with Gasteiger partial charge in [-0.3, -0.25) is 14.3 Å². The lowest BCUT2D eigenvalue weighted by Gasteiger charge is -2.44. The van der Waals surface area contributed by atoms with Crippen LogP contribution in [0.1, 0.15) is 36.2 Å². The van der Waals surface area contributed by atoms with E-state index in [0.717, 1.165) is 19.4 Å². The summed E-state index contributed by atoms with van der Waals surface area (Å²) in [6.45, 7) is 2.34. The smallest absolute Gasteiger partial charge is 0.276 e. The zero-order chi connectivity index (χ0) is 17.3. The van der Waals surface area contributed by atoms with Crippen LogP contribution in [0.4, 0.5) is 0 Å². The number of aromatic nitrogens is 2. The van der Waals surface area contributed by atoms with Crippen molar-refractivity contribution in [3.63, 3.8) is 0 Å². The minimum atomic E-state index is -0.746. The van der Waals surface area contributed by atoms with Gasteiger partial charge in [0.2, 0.25) is 5.91 Å². The third-order valence-corrected chi connectivity index (χ3v) is 5.27. The Kier molecular flexibility index (Phi) is 4.83. The van der Waals surface area contributed by atoms with Crippen LogP contribution in [0.2, 0.25) is 5.02 Å². The first-order valence-corrected chi connectivity index (χ1v) is 8.67. The SMILES string of the molecule is COCCN1CCCC2(CCCN2C(=O)c2nn(C)cc2Cl)C1=O. The molecule has 3 rings (SSSR count). The quantitative estimate of drug-likeness (QED) is 0.817. The second kappa shape index (κ2) is 6.72. The van der Waals surface area contributed by atoms with Gasteiger partial charge in [0.05, 0.1) is 11.6 Å². The fourth-order valence-corrected chi connectivity index (χ4v) is 4.13. The summed E-state index contributed by atoms with van der Waals surface area (Å²) in [5.41, 5.74) is -0.522. The molecule has 1 spiro atoms. The lowest BCUT2D eigenvalue weighted by atomic mass is 9.85. The van der Waals surface area contributed by atoms with Crippen molar-refractivity contribution in [2.24, 2.45) is 7.05 Å². The average Bonchev–Trinajstić information content (AvgIpc) is 3.12. The van der Waals surface area contributed by atoms with Crippen molar-refractivity contribution >= 4 is 23.4 Å². The fourth-order valence-electron chi connectivity index (χ4n) is 3.87. The van der Waals surface area contributed by atoms with Gasteiger partial charge in [-0.2, -0.15) is 5.10 Å². The Hall–Kier alpha value is -1.60. The predicted octanol–water partition coefficient (Wildman–Crippen LogP) is 1.32. The van der Waals surface area contributed by atoms with Gasteiger partial charge in [-0.15, -0.1) is 0 Å². The van der Waals surface area contributed by atoms with Gasteiger partial charge in [0, 0.05) is 40.0 Å². The van der Waals surface area contributed by atoms with Crippen LogP contribution < -0.4 is 0 Å². The number of carbonyl (C=O) groups is 2. The zero-order valence-electron chi connectivity index (χ0n) is 14.1. The molecule has 1 aromatic heterocycles. The molecule has 0 radical (unpaired) electrons. The van der Waals surface area contributed by atoms with Crippen LogP contribution in [-0.4, -0.2) is 70.3 Å². The first-order valence-electron chi connectivity index (χ1n) is 8.29. The molecule has 1 atom stereocenters. The number of carbonyl (C=O) groups excluding carboxylic acids is 2. The number of amides is 2. The molecule has 3 heterocycles. The Morgan fingerprint density at radius 3 is 2.71 bits per heavy atom. The molecule has 2 aliphatic rings. The molecule has 2 aliphatic heterocycles. The molecule has 8 heteroatoms. The van der Waals surface area contributed by atoms with Crippen LogP contribution in [0.5, 0.6) is 0 Å². The van der Waals surface area contributed by atoms with E-state index >= 15 is 0 Å². The van der Waals surface area contributed by atoms with E-state index in [2.05, 4.69) is 5.10 Å². The number of likely N-dealkylation sites (tertiary alicyclic amines) is 2. The molecular weight excluding hydrogens is 332 g/mol. The molecule has 7 nitrogen and oxygen atoms in total. The maximum absolute atomic E-state index is 13.1. The highest BCUT2D eigenvalue weighted by Gasteiger charge is 2.53. The van der Waals surface area contributed by atoms with Crippen molar-refractivity contribution in [2.45, 2.75) is 31.2 Å². The van der Waals surface area contributed by atoms with E-state index < -0.39 is 5.54 Å². The van der Waals surface area contributed by atoms with Crippen LogP contribution >= 0.6 is 11.6 Å². The van der Waals surface area contributed by atoms with Gasteiger partial charge in [0.1, 0.15) is 5.54 Å². The largest absolute Gasteiger partial charge is 0.383 e. The van der Waals surface area contributed by atoms with E-state index in [0.29, 0.717) is 37.6 Å². The Morgan fingerprint density at radius 1 is 1.38 bits per heavy atom. The van der Waals surface area contributed by atoms with Gasteiger partial charge in [-0.25, -0.2) is 0 Å². The molecule has 0 aliphatic carbocycles. The van der Waals surface area contributed by atoms with Crippen molar-refractivity contribution in [2.75, 3.05) is 33.4 Å². The highest BCUT2D eigenvalue weighted by Crippen LogP contribution is 2.39. The highest BCUT2D eigenvalue weighted by molar-refractivity contribution is 6.33. The first kappa shape index (κ1) is 17.2. The molecule has 2 fully saturated rings. The minimum Gasteiger partial charge on any atom is -0.383 e. The van der Waals surface area contributed by atoms with Crippen molar-refractivity contribution in [3.8, 4) is 0 Å². The number of methoxy groups -OCH3 is 1. The Balaban J connectivity index is 1.87. The molecular formula is C16H23ClN4O3. The lowest BCUT2D eigenvalue weighted by molar-refractivity contribution is -0.146. The van der Waals surface area contributed by atoms with Gasteiger partial charge >= 0.3 is 0 Å². The van der Waals surface area contributed by atoms with Crippen LogP contribution in [-0.2, 0) is 16.6 Å². The topological polar surface area (TPSA) is 67.7 Å². The molecule has 132 valence electrons. The molecule has 24 heavy (non-hydrogen) atoms. The lowest BCUT2D eigenvalue weighted by Crippen LogP contribution is -2.61. The second-order valence-electron chi connectivity index (χ2n) is 6.48. The van der Waals surface area contributed by atoms with Gasteiger partial charge < -0.3 is 14.5 Å². The fraction of sp³-hybridized carbons (Fsp3) is 0.688. The summed E-state index contributed by atoms with van der Waals surface area (Å²) in [4.78, 5) is 29.6. The number of halogens is 1. The zero-order valence-corrected chi connectivity index (χ0v) is 14.9. The van der Waals surface area contributed by atoms with Gasteiger partial charge in [-0.05, 0) is 25.7 Å². The van der Waals surface area contributed by atoms with E-state index in [-0.39, 0.29) is 17.5 Å². The molecule has 0 aromatic carbocycles. The number of piperidine rings is 1. The first-order chi connectivity index (χ1) is 11.5. The van der Waals surface area contributed by atoms with Gasteiger partial charge in [-0.1, -0.05) is 11.6 Å². The Labute approximate surface area is 146 Å². The monoisotopic (exact) mass is 354 g/mol. The van der Waals surface area contributed by atoms with Crippen molar-refractivity contribution in [1.82, 2.24) is 19.6 Å². The standard InChI is InChI=1S/C16H23ClN4O3/c1-19-11-12(17)13(18-19)14(22)21-8-4-6-16(21)5-3-7-20(15(16)23)9-10-24-2/h11H,3-10H2,1-2H3. The molecule has 0 bridgehead atoms. The molecule has 2 amide bonds.